The third-order valence-corrected chi connectivity index (χ3v) is 5.61. The zero-order valence-corrected chi connectivity index (χ0v) is 18.7. The lowest BCUT2D eigenvalue weighted by molar-refractivity contribution is -0.146. The van der Waals surface area contributed by atoms with Crippen LogP contribution in [0.25, 0.3) is 28.0 Å². The van der Waals surface area contributed by atoms with E-state index in [4.69, 9.17) is 14.6 Å². The van der Waals surface area contributed by atoms with E-state index in [1.165, 1.54) is 11.8 Å². The molecule has 13 heteroatoms. The molecule has 3 aromatic heterocycles. The fraction of sp³-hybridized carbons (Fsp3) is 0.217. The zero-order valence-electron chi connectivity index (χ0n) is 18.7. The normalized spacial score (nSPS) is 13.6. The maximum absolute atomic E-state index is 12.8. The number of rotatable bonds is 6. The summed E-state index contributed by atoms with van der Waals surface area (Å²) in [5.41, 5.74) is 3.21. The van der Waals surface area contributed by atoms with Crippen LogP contribution in [0.5, 0.6) is 11.5 Å². The summed E-state index contributed by atoms with van der Waals surface area (Å²) in [6, 6.07) is 6.72. The highest BCUT2D eigenvalue weighted by Gasteiger charge is 2.38. The van der Waals surface area contributed by atoms with Crippen molar-refractivity contribution < 1.29 is 37.3 Å². The van der Waals surface area contributed by atoms with Gasteiger partial charge in [0.05, 0.1) is 25.2 Å². The van der Waals surface area contributed by atoms with Crippen molar-refractivity contribution in [1.29, 1.82) is 0 Å². The molecule has 1 N–H and O–H groups in total. The Hall–Kier alpha value is -4.55. The minimum atomic E-state index is -4.56. The number of imidazole rings is 1. The number of fused-ring (bicyclic) bond motifs is 2. The average molecular weight is 501 g/mol. The van der Waals surface area contributed by atoms with E-state index in [2.05, 4.69) is 10.1 Å². The Morgan fingerprint density at radius 2 is 2.00 bits per heavy atom. The van der Waals surface area contributed by atoms with Crippen molar-refractivity contribution in [1.82, 2.24) is 24.1 Å². The largest absolute Gasteiger partial charge is 0.496 e. The van der Waals surface area contributed by atoms with E-state index < -0.39 is 31.3 Å². The van der Waals surface area contributed by atoms with Gasteiger partial charge in [0, 0.05) is 23.5 Å². The van der Waals surface area contributed by atoms with Crippen molar-refractivity contribution in [3.05, 3.63) is 54.6 Å². The van der Waals surface area contributed by atoms with Crippen molar-refractivity contribution in [3.8, 4) is 33.9 Å². The van der Waals surface area contributed by atoms with Gasteiger partial charge in [-0.3, -0.25) is 23.6 Å². The number of halogens is 3. The van der Waals surface area contributed by atoms with E-state index in [-0.39, 0.29) is 23.6 Å². The van der Waals surface area contributed by atoms with Gasteiger partial charge >= 0.3 is 12.1 Å². The van der Waals surface area contributed by atoms with Gasteiger partial charge in [-0.15, -0.1) is 0 Å². The summed E-state index contributed by atoms with van der Waals surface area (Å²) in [7, 11) is 1.32. The molecule has 0 spiro atoms. The fourth-order valence-corrected chi connectivity index (χ4v) is 4.03. The molecule has 0 radical (unpaired) electrons. The molecule has 0 bridgehead atoms. The molecule has 0 unspecified atom stereocenters. The van der Waals surface area contributed by atoms with Crippen LogP contribution in [0, 0.1) is 0 Å². The second-order valence-corrected chi connectivity index (χ2v) is 8.05. The van der Waals surface area contributed by atoms with Gasteiger partial charge in [0.1, 0.15) is 35.8 Å². The molecule has 36 heavy (non-hydrogen) atoms. The Kier molecular flexibility index (Phi) is 5.54. The van der Waals surface area contributed by atoms with Crippen molar-refractivity contribution in [2.45, 2.75) is 12.7 Å². The summed E-state index contributed by atoms with van der Waals surface area (Å²) in [5.74, 6) is -1.64. The molecule has 0 atom stereocenters. The third kappa shape index (κ3) is 4.30. The number of methoxy groups -OCH3 is 1. The molecule has 1 aliphatic heterocycles. The number of nitrogens with zero attached hydrogens (tertiary/aromatic N) is 5. The predicted octanol–water partition coefficient (Wildman–Crippen LogP) is 3.31. The summed E-state index contributed by atoms with van der Waals surface area (Å²) in [5, 5.41) is 13.0. The lowest BCUT2D eigenvalue weighted by Gasteiger charge is -2.30. The molecular weight excluding hydrogens is 483 g/mol. The standard InChI is InChI=1S/C23H18F3N5O5/c1-35-17-4-14(5-18-21(17)22(34)29(12-36-18)11-23(24,25)26)16-8-27-19-6-13(2-3-31(16)19)15-7-28-30(9-15)10-20(32)33/h2-9H,10-12H2,1H3,(H,32,33). The first-order valence-corrected chi connectivity index (χ1v) is 10.6. The number of alkyl halides is 3. The lowest BCUT2D eigenvalue weighted by Crippen LogP contribution is -2.44. The summed E-state index contributed by atoms with van der Waals surface area (Å²) in [6.07, 6.45) is 1.99. The highest BCUT2D eigenvalue weighted by Crippen LogP contribution is 2.39. The van der Waals surface area contributed by atoms with Gasteiger partial charge in [-0.1, -0.05) is 0 Å². The van der Waals surface area contributed by atoms with Crippen LogP contribution in [0.3, 0.4) is 0 Å². The molecule has 0 aliphatic carbocycles. The molecule has 186 valence electrons. The van der Waals surface area contributed by atoms with Crippen LogP contribution in [0.15, 0.2) is 49.1 Å². The van der Waals surface area contributed by atoms with Crippen LogP contribution in [0.4, 0.5) is 13.2 Å². The third-order valence-electron chi connectivity index (χ3n) is 5.61. The van der Waals surface area contributed by atoms with E-state index in [0.717, 1.165) is 5.56 Å². The van der Waals surface area contributed by atoms with Crippen LogP contribution in [-0.4, -0.2) is 67.6 Å². The van der Waals surface area contributed by atoms with Crippen molar-refractivity contribution in [2.75, 3.05) is 20.4 Å². The number of amides is 1. The monoisotopic (exact) mass is 501 g/mol. The summed E-state index contributed by atoms with van der Waals surface area (Å²) >= 11 is 0. The van der Waals surface area contributed by atoms with E-state index >= 15 is 0 Å². The highest BCUT2D eigenvalue weighted by molar-refractivity contribution is 6.01. The topological polar surface area (TPSA) is 111 Å². The number of aromatic nitrogens is 4. The molecule has 0 saturated carbocycles. The van der Waals surface area contributed by atoms with Crippen molar-refractivity contribution in [2.24, 2.45) is 0 Å². The SMILES string of the molecule is COc1cc(-c2cnc3cc(-c4cnn(CC(=O)O)c4)ccn23)cc2c1C(=O)N(CC(F)(F)F)CO2. The minimum absolute atomic E-state index is 0.0776. The molecular formula is C23H18F3N5O5. The Morgan fingerprint density at radius 1 is 1.19 bits per heavy atom. The molecule has 4 heterocycles. The van der Waals surface area contributed by atoms with Crippen LogP contribution >= 0.6 is 0 Å². The van der Waals surface area contributed by atoms with Crippen LogP contribution in [0.1, 0.15) is 10.4 Å². The quantitative estimate of drug-likeness (QED) is 0.432. The first-order chi connectivity index (χ1) is 17.1. The summed E-state index contributed by atoms with van der Waals surface area (Å²) in [4.78, 5) is 28.6. The average Bonchev–Trinajstić information content (AvgIpc) is 3.45. The number of hydrogen-bond acceptors (Lipinski definition) is 6. The van der Waals surface area contributed by atoms with Crippen LogP contribution < -0.4 is 9.47 Å². The van der Waals surface area contributed by atoms with Gasteiger partial charge in [0.15, 0.2) is 6.73 Å². The van der Waals surface area contributed by atoms with Gasteiger partial charge in [-0.05, 0) is 29.8 Å². The number of pyridine rings is 1. The Bertz CT molecular complexity index is 1480. The van der Waals surface area contributed by atoms with Gasteiger partial charge in [-0.2, -0.15) is 18.3 Å². The van der Waals surface area contributed by atoms with Gasteiger partial charge < -0.3 is 14.6 Å². The number of hydrogen-bond donors (Lipinski definition) is 1. The summed E-state index contributed by atoms with van der Waals surface area (Å²) < 4.78 is 52.4. The Morgan fingerprint density at radius 3 is 2.72 bits per heavy atom. The number of carbonyl (C=O) groups is 2. The number of carbonyl (C=O) groups excluding carboxylic acids is 1. The molecule has 4 aromatic rings. The van der Waals surface area contributed by atoms with Gasteiger partial charge in [0.2, 0.25) is 0 Å². The number of carboxylic acids is 1. The number of ether oxygens (including phenoxy) is 2. The number of benzene rings is 1. The Labute approximate surface area is 201 Å². The maximum atomic E-state index is 12.8. The molecule has 0 fully saturated rings. The first kappa shape index (κ1) is 23.2. The molecule has 1 aliphatic rings. The lowest BCUT2D eigenvalue weighted by atomic mass is 10.0. The minimum Gasteiger partial charge on any atom is -0.496 e. The zero-order chi connectivity index (χ0) is 25.6. The van der Waals surface area contributed by atoms with E-state index in [1.54, 1.807) is 47.4 Å². The van der Waals surface area contributed by atoms with Crippen LogP contribution in [-0.2, 0) is 11.3 Å². The first-order valence-electron chi connectivity index (χ1n) is 10.6. The van der Waals surface area contributed by atoms with E-state index in [1.807, 2.05) is 6.07 Å². The molecule has 1 aromatic carbocycles. The molecule has 10 nitrogen and oxygen atoms in total. The fourth-order valence-electron chi connectivity index (χ4n) is 4.03. The summed E-state index contributed by atoms with van der Waals surface area (Å²) in [6.45, 7) is -2.22. The maximum Gasteiger partial charge on any atom is 0.406 e. The number of carboxylic acid groups (broad SMARTS) is 1. The van der Waals surface area contributed by atoms with Crippen LogP contribution in [0.2, 0.25) is 0 Å². The smallest absolute Gasteiger partial charge is 0.406 e. The molecule has 5 rings (SSSR count). The predicted molar refractivity (Wildman–Crippen MR) is 119 cm³/mol. The molecule has 1 amide bonds. The van der Waals surface area contributed by atoms with E-state index in [9.17, 15) is 22.8 Å². The van der Waals surface area contributed by atoms with Gasteiger partial charge in [-0.25, -0.2) is 4.98 Å². The number of aliphatic carboxylic acids is 1. The molecule has 0 saturated heterocycles. The second-order valence-electron chi connectivity index (χ2n) is 8.05. The van der Waals surface area contributed by atoms with Crippen molar-refractivity contribution >= 4 is 17.5 Å². The second kappa shape index (κ2) is 8.59. The van der Waals surface area contributed by atoms with E-state index in [0.29, 0.717) is 27.4 Å². The van der Waals surface area contributed by atoms with Gasteiger partial charge in [0.25, 0.3) is 5.91 Å². The Balaban J connectivity index is 1.49. The van der Waals surface area contributed by atoms with Crippen molar-refractivity contribution in [3.63, 3.8) is 0 Å². The highest BCUT2D eigenvalue weighted by atomic mass is 19.4.